The Balaban J connectivity index is 1.73. The zero-order valence-corrected chi connectivity index (χ0v) is 18.6. The number of carbonyl (C=O) groups excluding carboxylic acids is 1. The lowest BCUT2D eigenvalue weighted by molar-refractivity contribution is -0.933. The van der Waals surface area contributed by atoms with Crippen molar-refractivity contribution in [1.82, 2.24) is 0 Å². The number of rotatable bonds is 7. The molecule has 32 heavy (non-hydrogen) atoms. The number of quaternary nitrogens is 1. The summed E-state index contributed by atoms with van der Waals surface area (Å²) < 4.78 is 40.5. The summed E-state index contributed by atoms with van der Waals surface area (Å²) in [6.45, 7) is 4.05. The second-order valence-corrected chi connectivity index (χ2v) is 8.83. The summed E-state index contributed by atoms with van der Waals surface area (Å²) in [6.07, 6.45) is 1.46. The van der Waals surface area contributed by atoms with Gasteiger partial charge in [0.25, 0.3) is 5.91 Å². The van der Waals surface area contributed by atoms with E-state index in [9.17, 15) is 13.6 Å². The van der Waals surface area contributed by atoms with Gasteiger partial charge >= 0.3 is 6.61 Å². The fourth-order valence-electron chi connectivity index (χ4n) is 4.03. The Morgan fingerprint density at radius 3 is 2.50 bits per heavy atom. The van der Waals surface area contributed by atoms with Gasteiger partial charge in [0.15, 0.2) is 5.76 Å². The van der Waals surface area contributed by atoms with Crippen LogP contribution in [0, 0.1) is 13.8 Å². The molecule has 4 rings (SSSR count). The molecule has 1 amide bonds. The maximum absolute atomic E-state index is 12.7. The van der Waals surface area contributed by atoms with Crippen molar-refractivity contribution in [3.63, 3.8) is 0 Å². The molecule has 1 aromatic carbocycles. The molecule has 0 bridgehead atoms. The first kappa shape index (κ1) is 22.4. The third-order valence-corrected chi connectivity index (χ3v) is 6.81. The van der Waals surface area contributed by atoms with E-state index in [0.717, 1.165) is 39.7 Å². The molecule has 6 nitrogen and oxygen atoms in total. The number of nitrogens with one attached hydrogen (secondary N) is 2. The van der Waals surface area contributed by atoms with Gasteiger partial charge in [-0.3, -0.25) is 4.79 Å². The number of alkyl halides is 2. The summed E-state index contributed by atoms with van der Waals surface area (Å²) in [5, 5.41) is 3.78. The van der Waals surface area contributed by atoms with Crippen molar-refractivity contribution in [2.75, 3.05) is 31.6 Å². The molecule has 9 heteroatoms. The minimum absolute atomic E-state index is 0.101. The maximum Gasteiger partial charge on any atom is 0.387 e. The first-order chi connectivity index (χ1) is 15.4. The summed E-state index contributed by atoms with van der Waals surface area (Å²) in [5.74, 6) is 0.0429. The van der Waals surface area contributed by atoms with Crippen LogP contribution in [0.25, 0.3) is 0 Å². The lowest BCUT2D eigenvalue weighted by atomic mass is 9.94. The van der Waals surface area contributed by atoms with Crippen molar-refractivity contribution < 1.29 is 32.4 Å². The molecular weight excluding hydrogens is 438 g/mol. The van der Waals surface area contributed by atoms with Gasteiger partial charge in [-0.05, 0) is 55.8 Å². The van der Waals surface area contributed by atoms with Crippen molar-refractivity contribution in [1.29, 1.82) is 0 Å². The van der Waals surface area contributed by atoms with Crippen molar-refractivity contribution in [3.8, 4) is 5.75 Å². The molecule has 1 fully saturated rings. The molecular formula is C23H25F2N2O4S+. The van der Waals surface area contributed by atoms with Gasteiger partial charge in [0.2, 0.25) is 0 Å². The molecule has 2 aromatic heterocycles. The summed E-state index contributed by atoms with van der Waals surface area (Å²) >= 11 is 1.52. The van der Waals surface area contributed by atoms with E-state index in [2.05, 4.69) is 10.1 Å². The van der Waals surface area contributed by atoms with Crippen LogP contribution in [-0.4, -0.2) is 38.8 Å². The normalized spacial score (nSPS) is 15.7. The van der Waals surface area contributed by atoms with Crippen LogP contribution in [0.5, 0.6) is 5.75 Å². The minimum atomic E-state index is -2.87. The highest BCUT2D eigenvalue weighted by Gasteiger charge is 2.34. The number of ether oxygens (including phenoxy) is 2. The highest BCUT2D eigenvalue weighted by molar-refractivity contribution is 7.16. The number of aryl methyl sites for hydroxylation is 1. The van der Waals surface area contributed by atoms with Gasteiger partial charge in [-0.1, -0.05) is 0 Å². The number of carbonyl (C=O) groups is 1. The molecule has 0 radical (unpaired) electrons. The predicted molar refractivity (Wildman–Crippen MR) is 117 cm³/mol. The van der Waals surface area contributed by atoms with Gasteiger partial charge in [-0.2, -0.15) is 8.78 Å². The number of thiophene rings is 1. The zero-order chi connectivity index (χ0) is 22.7. The summed E-state index contributed by atoms with van der Waals surface area (Å²) in [4.78, 5) is 15.1. The molecule has 1 aliphatic heterocycles. The van der Waals surface area contributed by atoms with Crippen molar-refractivity contribution in [2.24, 2.45) is 0 Å². The van der Waals surface area contributed by atoms with E-state index in [0.29, 0.717) is 13.2 Å². The summed E-state index contributed by atoms with van der Waals surface area (Å²) in [7, 11) is 0. The SMILES string of the molecule is Cc1sc(NC(=O)c2ccco2)c([C@H](c2ccc(OC(F)F)cc2)[NH+]2CCOCC2)c1C. The fraction of sp³-hybridized carbons (Fsp3) is 0.348. The molecule has 0 saturated carbocycles. The minimum Gasteiger partial charge on any atom is -0.459 e. The largest absolute Gasteiger partial charge is 0.459 e. The Labute approximate surface area is 188 Å². The van der Waals surface area contributed by atoms with E-state index < -0.39 is 6.61 Å². The van der Waals surface area contributed by atoms with E-state index in [1.54, 1.807) is 24.3 Å². The molecule has 3 aromatic rings. The van der Waals surface area contributed by atoms with Crippen molar-refractivity contribution in [3.05, 3.63) is 70.0 Å². The molecule has 0 aliphatic carbocycles. The van der Waals surface area contributed by atoms with E-state index in [1.165, 1.54) is 22.5 Å². The van der Waals surface area contributed by atoms with Crippen LogP contribution < -0.4 is 15.0 Å². The Hall–Kier alpha value is -2.75. The number of morpholine rings is 1. The molecule has 3 heterocycles. The average Bonchev–Trinajstić information content (AvgIpc) is 3.40. The molecule has 1 saturated heterocycles. The predicted octanol–water partition coefficient (Wildman–Crippen LogP) is 3.82. The van der Waals surface area contributed by atoms with E-state index >= 15 is 0 Å². The molecule has 170 valence electrons. The van der Waals surface area contributed by atoms with E-state index in [4.69, 9.17) is 9.15 Å². The van der Waals surface area contributed by atoms with Crippen molar-refractivity contribution in [2.45, 2.75) is 26.5 Å². The zero-order valence-electron chi connectivity index (χ0n) is 17.8. The second kappa shape index (κ2) is 9.81. The third-order valence-electron chi connectivity index (χ3n) is 5.67. The molecule has 0 unspecified atom stereocenters. The average molecular weight is 464 g/mol. The molecule has 1 atom stereocenters. The maximum atomic E-state index is 12.7. The van der Waals surface area contributed by atoms with Crippen molar-refractivity contribution >= 4 is 22.2 Å². The van der Waals surface area contributed by atoms with Crippen LogP contribution in [-0.2, 0) is 4.74 Å². The summed E-state index contributed by atoms with van der Waals surface area (Å²) in [6, 6.07) is 9.94. The Morgan fingerprint density at radius 1 is 1.16 bits per heavy atom. The molecule has 0 spiro atoms. The standard InChI is InChI=1S/C23H24F2N2O4S/c1-14-15(2)32-22(26-21(28)18-4-3-11-30-18)19(14)20(27-9-12-29-13-10-27)16-5-7-17(8-6-16)31-23(24)25/h3-8,11,20,23H,9-10,12-13H2,1-2H3,(H,26,28)/p+1/t20-/m0/s1. The Bertz CT molecular complexity index is 1040. The first-order valence-electron chi connectivity index (χ1n) is 10.4. The van der Waals surface area contributed by atoms with Crippen LogP contribution >= 0.6 is 11.3 Å². The Kier molecular flexibility index (Phi) is 6.88. The van der Waals surface area contributed by atoms with E-state index in [1.807, 2.05) is 26.0 Å². The number of benzene rings is 1. The highest BCUT2D eigenvalue weighted by Crippen LogP contribution is 2.39. The quantitative estimate of drug-likeness (QED) is 0.559. The lowest BCUT2D eigenvalue weighted by Gasteiger charge is -2.32. The Morgan fingerprint density at radius 2 is 1.88 bits per heavy atom. The fourth-order valence-corrected chi connectivity index (χ4v) is 5.12. The van der Waals surface area contributed by atoms with Crippen LogP contribution in [0.4, 0.5) is 13.8 Å². The number of amides is 1. The van der Waals surface area contributed by atoms with Gasteiger partial charge in [-0.15, -0.1) is 11.3 Å². The van der Waals surface area contributed by atoms with Crippen LogP contribution in [0.2, 0.25) is 0 Å². The molecule has 2 N–H and O–H groups in total. The smallest absolute Gasteiger partial charge is 0.387 e. The van der Waals surface area contributed by atoms with Crippen LogP contribution in [0.15, 0.2) is 47.1 Å². The monoisotopic (exact) mass is 463 g/mol. The van der Waals surface area contributed by atoms with Gasteiger partial charge in [0.05, 0.1) is 25.0 Å². The second-order valence-electron chi connectivity index (χ2n) is 7.61. The van der Waals surface area contributed by atoms with Gasteiger partial charge < -0.3 is 24.1 Å². The first-order valence-corrected chi connectivity index (χ1v) is 11.2. The number of furan rings is 1. The number of halogens is 2. The molecule has 1 aliphatic rings. The third kappa shape index (κ3) is 4.85. The van der Waals surface area contributed by atoms with Crippen LogP contribution in [0.3, 0.4) is 0 Å². The van der Waals surface area contributed by atoms with Gasteiger partial charge in [0.1, 0.15) is 29.9 Å². The van der Waals surface area contributed by atoms with Crippen LogP contribution in [0.1, 0.15) is 38.2 Å². The highest BCUT2D eigenvalue weighted by atomic mass is 32.1. The number of hydrogen-bond donors (Lipinski definition) is 2. The van der Waals surface area contributed by atoms with Gasteiger partial charge in [-0.25, -0.2) is 0 Å². The summed E-state index contributed by atoms with van der Waals surface area (Å²) in [5.41, 5.74) is 3.08. The number of hydrogen-bond acceptors (Lipinski definition) is 5. The number of anilines is 1. The van der Waals surface area contributed by atoms with E-state index in [-0.39, 0.29) is 23.5 Å². The topological polar surface area (TPSA) is 65.1 Å². The van der Waals surface area contributed by atoms with Gasteiger partial charge in [0, 0.05) is 10.4 Å². The lowest BCUT2D eigenvalue weighted by Crippen LogP contribution is -3.14.